The zero-order valence-corrected chi connectivity index (χ0v) is 20.2. The molecule has 0 bridgehead atoms. The van der Waals surface area contributed by atoms with Gasteiger partial charge >= 0.3 is 24.1 Å². The first kappa shape index (κ1) is 27.3. The van der Waals surface area contributed by atoms with Gasteiger partial charge < -0.3 is 36.6 Å². The molecule has 0 aromatic heterocycles. The number of anilines is 1. The molecule has 2 unspecified atom stereocenters. The quantitative estimate of drug-likeness (QED) is 0.212. The lowest BCUT2D eigenvalue weighted by molar-refractivity contribution is -0.150. The summed E-state index contributed by atoms with van der Waals surface area (Å²) in [5.74, 6) is -3.67. The molecule has 1 saturated heterocycles. The van der Waals surface area contributed by atoms with E-state index in [1.54, 1.807) is 30.3 Å². The van der Waals surface area contributed by atoms with Crippen LogP contribution in [-0.2, 0) is 23.9 Å². The molecule has 7 N–H and O–H groups in total. The molecule has 5 amide bonds. The number of nitrogens with two attached hydrogens (primary N) is 1. The minimum absolute atomic E-state index is 0.0387. The smallest absolute Gasteiger partial charge is 0.404 e. The van der Waals surface area contributed by atoms with Gasteiger partial charge in [-0.1, -0.05) is 18.2 Å². The molecule has 0 spiro atoms. The number of para-hydroxylation sites is 1. The molecular formula is C22H25N5O9S. The van der Waals surface area contributed by atoms with Crippen molar-refractivity contribution < 1.29 is 43.7 Å². The number of carbonyl (C=O) groups is 6. The van der Waals surface area contributed by atoms with Gasteiger partial charge in [-0.05, 0) is 25.0 Å². The van der Waals surface area contributed by atoms with Crippen molar-refractivity contribution in [2.75, 3.05) is 17.7 Å². The fourth-order valence-electron chi connectivity index (χ4n) is 3.77. The van der Waals surface area contributed by atoms with E-state index >= 15 is 0 Å². The van der Waals surface area contributed by atoms with Gasteiger partial charge in [0.1, 0.15) is 29.8 Å². The van der Waals surface area contributed by atoms with Crippen LogP contribution in [-0.4, -0.2) is 80.8 Å². The van der Waals surface area contributed by atoms with E-state index in [9.17, 15) is 39.0 Å². The lowest BCUT2D eigenvalue weighted by Crippen LogP contribution is -2.70. The number of primary amides is 1. The number of hydrogen-bond donors (Lipinski definition) is 6. The zero-order chi connectivity index (χ0) is 27.1. The van der Waals surface area contributed by atoms with Crippen LogP contribution in [0.25, 0.3) is 0 Å². The van der Waals surface area contributed by atoms with Crippen molar-refractivity contribution in [3.05, 3.63) is 41.6 Å². The number of benzene rings is 1. The van der Waals surface area contributed by atoms with Crippen molar-refractivity contribution in [1.29, 1.82) is 0 Å². The Hall–Kier alpha value is -4.27. The van der Waals surface area contributed by atoms with E-state index in [1.807, 2.05) is 0 Å². The largest absolute Gasteiger partial charge is 0.480 e. The lowest BCUT2D eigenvalue weighted by atomic mass is 10.0. The third kappa shape index (κ3) is 6.91. The van der Waals surface area contributed by atoms with Crippen LogP contribution < -0.4 is 21.7 Å². The second-order valence-electron chi connectivity index (χ2n) is 8.07. The molecule has 2 aliphatic heterocycles. The van der Waals surface area contributed by atoms with Gasteiger partial charge in [0, 0.05) is 23.4 Å². The fourth-order valence-corrected chi connectivity index (χ4v) is 5.10. The van der Waals surface area contributed by atoms with Crippen molar-refractivity contribution in [2.24, 2.45) is 5.73 Å². The Bertz CT molecular complexity index is 1130. The van der Waals surface area contributed by atoms with Gasteiger partial charge in [-0.2, -0.15) is 0 Å². The van der Waals surface area contributed by atoms with E-state index in [1.165, 1.54) is 11.8 Å². The van der Waals surface area contributed by atoms with Crippen LogP contribution in [0.3, 0.4) is 0 Å². The van der Waals surface area contributed by atoms with E-state index in [-0.39, 0.29) is 42.9 Å². The lowest BCUT2D eigenvalue weighted by Gasteiger charge is -2.49. The number of urea groups is 1. The average Bonchev–Trinajstić information content (AvgIpc) is 2.85. The Labute approximate surface area is 214 Å². The minimum atomic E-state index is -1.38. The Morgan fingerprint density at radius 2 is 1.86 bits per heavy atom. The molecule has 1 fully saturated rings. The monoisotopic (exact) mass is 535 g/mol. The van der Waals surface area contributed by atoms with Gasteiger partial charge in [0.2, 0.25) is 5.91 Å². The highest BCUT2D eigenvalue weighted by atomic mass is 32.2. The maximum Gasteiger partial charge on any atom is 0.404 e. The highest BCUT2D eigenvalue weighted by Gasteiger charge is 2.54. The Morgan fingerprint density at radius 1 is 1.16 bits per heavy atom. The van der Waals surface area contributed by atoms with Crippen molar-refractivity contribution in [2.45, 2.75) is 36.7 Å². The first-order chi connectivity index (χ1) is 17.6. The molecule has 3 rings (SSSR count). The summed E-state index contributed by atoms with van der Waals surface area (Å²) in [6.07, 6.45) is -1.14. The molecule has 1 aromatic carbocycles. The van der Waals surface area contributed by atoms with Gasteiger partial charge in [-0.3, -0.25) is 14.5 Å². The van der Waals surface area contributed by atoms with Crippen LogP contribution >= 0.6 is 11.8 Å². The summed E-state index contributed by atoms with van der Waals surface area (Å²) in [4.78, 5) is 72.2. The third-order valence-electron chi connectivity index (χ3n) is 5.49. The number of hydrogen-bond acceptors (Lipinski definition) is 8. The summed E-state index contributed by atoms with van der Waals surface area (Å²) in [5, 5.41) is 25.7. The fraction of sp³-hybridized carbons (Fsp3) is 0.364. The van der Waals surface area contributed by atoms with Crippen molar-refractivity contribution in [3.8, 4) is 0 Å². The van der Waals surface area contributed by atoms with Crippen molar-refractivity contribution in [3.63, 3.8) is 0 Å². The van der Waals surface area contributed by atoms with Gasteiger partial charge in [0.15, 0.2) is 0 Å². The molecule has 3 atom stereocenters. The summed E-state index contributed by atoms with van der Waals surface area (Å²) in [7, 11) is 0. The number of aliphatic carboxylic acids is 2. The van der Waals surface area contributed by atoms with E-state index in [0.29, 0.717) is 5.69 Å². The molecule has 2 aliphatic rings. The van der Waals surface area contributed by atoms with Crippen LogP contribution in [0.15, 0.2) is 41.6 Å². The molecular weight excluding hydrogens is 510 g/mol. The van der Waals surface area contributed by atoms with E-state index in [2.05, 4.69) is 20.7 Å². The first-order valence-corrected chi connectivity index (χ1v) is 12.1. The molecule has 0 saturated carbocycles. The molecule has 0 aliphatic carbocycles. The molecule has 2 heterocycles. The van der Waals surface area contributed by atoms with Crippen LogP contribution in [0.4, 0.5) is 15.3 Å². The highest BCUT2D eigenvalue weighted by molar-refractivity contribution is 8.00. The van der Waals surface area contributed by atoms with Crippen LogP contribution in [0.2, 0.25) is 0 Å². The Kier molecular flexibility index (Phi) is 8.95. The molecule has 15 heteroatoms. The zero-order valence-electron chi connectivity index (χ0n) is 19.3. The number of β-lactam (4-membered cyclic amide) rings is 1. The van der Waals surface area contributed by atoms with Gasteiger partial charge in [0.05, 0.1) is 0 Å². The third-order valence-corrected chi connectivity index (χ3v) is 6.83. The summed E-state index contributed by atoms with van der Waals surface area (Å²) < 4.78 is 4.65. The SMILES string of the molecule is NC(=O)OCC1=C(C(=O)O)N2C(=O)C(NC(=O)CCCC(NC(=O)Nc3ccccc3)C(=O)O)[C@@H]2SC1. The van der Waals surface area contributed by atoms with Crippen LogP contribution in [0.1, 0.15) is 19.3 Å². The maximum absolute atomic E-state index is 12.6. The average molecular weight is 536 g/mol. The van der Waals surface area contributed by atoms with E-state index < -0.39 is 53.3 Å². The molecule has 37 heavy (non-hydrogen) atoms. The van der Waals surface area contributed by atoms with Crippen molar-refractivity contribution in [1.82, 2.24) is 15.5 Å². The van der Waals surface area contributed by atoms with E-state index in [0.717, 1.165) is 4.90 Å². The minimum Gasteiger partial charge on any atom is -0.480 e. The van der Waals surface area contributed by atoms with Crippen LogP contribution in [0.5, 0.6) is 0 Å². The summed E-state index contributed by atoms with van der Waals surface area (Å²) >= 11 is 1.19. The van der Waals surface area contributed by atoms with Crippen LogP contribution in [0, 0.1) is 0 Å². The van der Waals surface area contributed by atoms with Gasteiger partial charge in [-0.25, -0.2) is 19.2 Å². The Balaban J connectivity index is 1.49. The predicted octanol–water partition coefficient (Wildman–Crippen LogP) is 0.266. The molecule has 1 aromatic rings. The second kappa shape index (κ2) is 12.1. The number of nitrogens with one attached hydrogen (secondary N) is 3. The normalized spacial score (nSPS) is 19.1. The van der Waals surface area contributed by atoms with Crippen molar-refractivity contribution >= 4 is 53.3 Å². The molecule has 198 valence electrons. The highest BCUT2D eigenvalue weighted by Crippen LogP contribution is 2.40. The number of amides is 5. The van der Waals surface area contributed by atoms with Gasteiger partial charge in [0.25, 0.3) is 5.91 Å². The molecule has 14 nitrogen and oxygen atoms in total. The van der Waals surface area contributed by atoms with Gasteiger partial charge in [-0.15, -0.1) is 11.8 Å². The number of rotatable bonds is 11. The predicted molar refractivity (Wildman–Crippen MR) is 129 cm³/mol. The number of carbonyl (C=O) groups excluding carboxylic acids is 4. The standard InChI is InChI=1S/C22H25N5O9S/c23-21(34)36-9-11-10-37-18-15(17(29)27(18)16(11)20(32)33)26-14(28)8-4-7-13(19(30)31)25-22(35)24-12-5-2-1-3-6-12/h1-3,5-6,13,15,18H,4,7-10H2,(H2,23,34)(H,26,28)(H,30,31)(H,32,33)(H2,24,25,35)/t13?,15?,18-/m0/s1. The number of ether oxygens (including phenoxy) is 1. The number of nitrogens with zero attached hydrogens (tertiary/aromatic N) is 1. The second-order valence-corrected chi connectivity index (χ2v) is 9.17. The Morgan fingerprint density at radius 3 is 2.49 bits per heavy atom. The van der Waals surface area contributed by atoms with E-state index in [4.69, 9.17) is 5.73 Å². The molecule has 0 radical (unpaired) electrons. The number of carboxylic acids is 2. The first-order valence-electron chi connectivity index (χ1n) is 11.1. The summed E-state index contributed by atoms with van der Waals surface area (Å²) in [6.45, 7) is -0.375. The number of thioether (sulfide) groups is 1. The summed E-state index contributed by atoms with van der Waals surface area (Å²) in [5.41, 5.74) is 5.29. The maximum atomic E-state index is 12.6. The topological polar surface area (TPSA) is 217 Å². The number of carboxylic acid groups (broad SMARTS) is 2. The number of fused-ring (bicyclic) bond motifs is 1. The summed E-state index contributed by atoms with van der Waals surface area (Å²) in [6, 6.07) is 5.53.